The summed E-state index contributed by atoms with van der Waals surface area (Å²) in [5.41, 5.74) is -0.376. The smallest absolute Gasteiger partial charge is 0.309 e. The lowest BCUT2D eigenvalue weighted by Crippen LogP contribution is -2.66. The van der Waals surface area contributed by atoms with Crippen molar-refractivity contribution in [3.8, 4) is 0 Å². The first kappa shape index (κ1) is 50.9. The molecule has 0 bridgehead atoms. The summed E-state index contributed by atoms with van der Waals surface area (Å²) in [7, 11) is 0. The van der Waals surface area contributed by atoms with Crippen molar-refractivity contribution in [1.82, 2.24) is 0 Å². The molecule has 26 atom stereocenters. The normalized spacial score (nSPS) is 54.2. The average molecular weight is 943 g/mol. The Morgan fingerprint density at radius 1 is 0.682 bits per heavy atom. The van der Waals surface area contributed by atoms with Crippen molar-refractivity contribution in [1.29, 1.82) is 0 Å². The van der Waals surface area contributed by atoms with Crippen molar-refractivity contribution >= 4 is 5.97 Å². The summed E-state index contributed by atoms with van der Waals surface area (Å²) in [6, 6.07) is 0. The van der Waals surface area contributed by atoms with E-state index in [1.54, 1.807) is 0 Å². The van der Waals surface area contributed by atoms with E-state index in [-0.39, 0.29) is 40.1 Å². The Morgan fingerprint density at radius 3 is 1.91 bits per heavy atom. The zero-order valence-corrected chi connectivity index (χ0v) is 39.5. The van der Waals surface area contributed by atoms with Crippen molar-refractivity contribution in [2.75, 3.05) is 13.2 Å². The molecule has 0 aromatic heterocycles. The third-order valence-electron chi connectivity index (χ3n) is 19.4. The highest BCUT2D eigenvalue weighted by Crippen LogP contribution is 2.89. The molecule has 378 valence electrons. The molecule has 3 saturated heterocycles. The highest BCUT2D eigenvalue weighted by molar-refractivity contribution is 5.71. The van der Waals surface area contributed by atoms with Gasteiger partial charge in [0.15, 0.2) is 18.9 Å². The summed E-state index contributed by atoms with van der Waals surface area (Å²) in [6.45, 7) is 12.8. The Kier molecular flexibility index (Phi) is 14.1. The van der Waals surface area contributed by atoms with Crippen LogP contribution in [0.15, 0.2) is 11.6 Å². The third-order valence-corrected chi connectivity index (χ3v) is 19.4. The molecule has 18 nitrogen and oxygen atoms in total. The number of carboxylic acid groups (broad SMARTS) is 1. The number of hydrogen-bond acceptors (Lipinski definition) is 17. The van der Waals surface area contributed by atoms with E-state index in [0.29, 0.717) is 18.8 Å². The van der Waals surface area contributed by atoms with Gasteiger partial charge in [0, 0.05) is 5.41 Å². The van der Waals surface area contributed by atoms with Gasteiger partial charge in [-0.2, -0.15) is 0 Å². The van der Waals surface area contributed by atoms with Gasteiger partial charge >= 0.3 is 5.97 Å². The zero-order chi connectivity index (χ0) is 48.2. The highest BCUT2D eigenvalue weighted by Gasteiger charge is 2.83. The topological polar surface area (TPSA) is 295 Å². The maximum Gasteiger partial charge on any atom is 0.309 e. The number of aliphatic hydroxyl groups excluding tert-OH is 10. The van der Waals surface area contributed by atoms with Crippen LogP contribution in [0.25, 0.3) is 0 Å². The van der Waals surface area contributed by atoms with E-state index in [2.05, 4.69) is 13.8 Å². The summed E-state index contributed by atoms with van der Waals surface area (Å²) in [6.07, 6.45) is -14.4. The Labute approximate surface area is 387 Å². The molecule has 18 heteroatoms. The van der Waals surface area contributed by atoms with Crippen molar-refractivity contribution < 1.29 is 89.4 Å². The summed E-state index contributed by atoms with van der Waals surface area (Å²) in [5, 5.41) is 120. The van der Waals surface area contributed by atoms with Crippen LogP contribution in [0.2, 0.25) is 0 Å². The molecule has 3 heterocycles. The third kappa shape index (κ3) is 7.87. The second kappa shape index (κ2) is 18.3. The maximum atomic E-state index is 12.9. The van der Waals surface area contributed by atoms with E-state index >= 15 is 0 Å². The van der Waals surface area contributed by atoms with Gasteiger partial charge in [0.25, 0.3) is 0 Å². The van der Waals surface area contributed by atoms with Crippen LogP contribution in [-0.2, 0) is 33.2 Å². The molecule has 5 aliphatic carbocycles. The minimum Gasteiger partial charge on any atom is -0.481 e. The van der Waals surface area contributed by atoms with E-state index < -0.39 is 128 Å². The van der Waals surface area contributed by atoms with Crippen molar-refractivity contribution in [2.24, 2.45) is 50.7 Å². The molecule has 0 aromatic rings. The number of aliphatic carboxylic acids is 1. The fourth-order valence-corrected chi connectivity index (χ4v) is 15.4. The molecule has 0 radical (unpaired) electrons. The molecule has 66 heavy (non-hydrogen) atoms. The number of rotatable bonds is 13. The van der Waals surface area contributed by atoms with Crippen LogP contribution >= 0.6 is 0 Å². The lowest BCUT2D eigenvalue weighted by molar-refractivity contribution is -0.380. The second-order valence-corrected chi connectivity index (χ2v) is 22.7. The Balaban J connectivity index is 1.03. The maximum absolute atomic E-state index is 12.9. The monoisotopic (exact) mass is 943 g/mol. The van der Waals surface area contributed by atoms with Crippen molar-refractivity contribution in [2.45, 2.75) is 217 Å². The van der Waals surface area contributed by atoms with Gasteiger partial charge in [-0.05, 0) is 131 Å². The van der Waals surface area contributed by atoms with Gasteiger partial charge in [-0.25, -0.2) is 0 Å². The minimum absolute atomic E-state index is 0.0140. The van der Waals surface area contributed by atoms with Crippen LogP contribution in [0.5, 0.6) is 0 Å². The van der Waals surface area contributed by atoms with Gasteiger partial charge < -0.3 is 84.6 Å². The summed E-state index contributed by atoms with van der Waals surface area (Å²) < 4.78 is 36.5. The first-order valence-corrected chi connectivity index (χ1v) is 24.4. The van der Waals surface area contributed by atoms with Crippen molar-refractivity contribution in [3.63, 3.8) is 0 Å². The van der Waals surface area contributed by atoms with E-state index in [0.717, 1.165) is 56.9 Å². The molecule has 5 saturated carbocycles. The van der Waals surface area contributed by atoms with Gasteiger partial charge in [0.2, 0.25) is 0 Å². The Morgan fingerprint density at radius 2 is 1.29 bits per heavy atom. The molecule has 0 aromatic carbocycles. The molecule has 8 rings (SSSR count). The quantitative estimate of drug-likeness (QED) is 0.0895. The van der Waals surface area contributed by atoms with Crippen LogP contribution in [0.1, 0.15) is 113 Å². The van der Waals surface area contributed by atoms with E-state index in [1.165, 1.54) is 13.8 Å². The number of carboxylic acids is 1. The minimum atomic E-state index is -1.77. The zero-order valence-electron chi connectivity index (χ0n) is 39.5. The van der Waals surface area contributed by atoms with Crippen LogP contribution < -0.4 is 0 Å². The average Bonchev–Trinajstić information content (AvgIpc) is 3.87. The number of ether oxygens (including phenoxy) is 6. The summed E-state index contributed by atoms with van der Waals surface area (Å²) in [4.78, 5) is 12.9. The fraction of sp³-hybridized carbons (Fsp3) is 0.938. The molecule has 2 spiro atoms. The van der Waals surface area contributed by atoms with E-state index in [9.17, 15) is 61.0 Å². The van der Waals surface area contributed by atoms with Crippen molar-refractivity contribution in [3.05, 3.63) is 11.6 Å². The largest absolute Gasteiger partial charge is 0.481 e. The second-order valence-electron chi connectivity index (χ2n) is 22.7. The Bertz CT molecular complexity index is 1780. The van der Waals surface area contributed by atoms with Crippen LogP contribution in [-0.4, -0.2) is 180 Å². The fourth-order valence-electron chi connectivity index (χ4n) is 15.4. The lowest BCUT2D eigenvalue weighted by Gasteiger charge is -2.64. The standard InChI is InChI=1S/C48H78O18/c1-21(2)8-9-25(50)30(40(59)60)24-12-14-46(7)28-11-10-27-44(5,20-49)29(13-15-47(27)19-48(28,47)17-16-45(24,46)6)65-43-39(66-42-38(58)35(55)32(52)23(4)63-42)36(56)33(53)26(64-43)18-61-41-37(57)34(54)31(51)22(3)62-41/h8,22-39,41-43,49-58H,9-20H2,1-7H3,(H,59,60). The number of hydrogen-bond donors (Lipinski definition) is 11. The Hall–Kier alpha value is -1.43. The van der Waals surface area contributed by atoms with Gasteiger partial charge in [-0.3, -0.25) is 4.79 Å². The lowest BCUT2D eigenvalue weighted by atomic mass is 9.41. The van der Waals surface area contributed by atoms with Crippen LogP contribution in [0.4, 0.5) is 0 Å². The summed E-state index contributed by atoms with van der Waals surface area (Å²) >= 11 is 0. The molecular formula is C48H78O18. The molecular weight excluding hydrogens is 865 g/mol. The number of fused-ring (bicyclic) bond motifs is 2. The predicted molar refractivity (Wildman–Crippen MR) is 231 cm³/mol. The SMILES string of the molecule is CC(C)=CCC(O)C(C(=O)O)C1CCC2(C)C3CCC4C(C)(CO)C(OC5OC(COC6OC(C)C(O)C(O)C6O)C(O)C(O)C5OC5OC(C)C(O)C(O)C5O)CCC45CC35CCC12C. The highest BCUT2D eigenvalue weighted by atomic mass is 16.8. The molecule has 26 unspecified atom stereocenters. The molecule has 8 aliphatic rings. The summed E-state index contributed by atoms with van der Waals surface area (Å²) in [5.74, 6) is -1.65. The number of carbonyl (C=O) groups is 1. The predicted octanol–water partition coefficient (Wildman–Crippen LogP) is 0.705. The number of aliphatic hydroxyl groups is 10. The first-order valence-electron chi connectivity index (χ1n) is 24.4. The molecule has 8 fully saturated rings. The van der Waals surface area contributed by atoms with Gasteiger partial charge in [-0.15, -0.1) is 0 Å². The van der Waals surface area contributed by atoms with E-state index in [1.807, 2.05) is 26.8 Å². The van der Waals surface area contributed by atoms with Gasteiger partial charge in [0.05, 0.1) is 43.5 Å². The molecule has 3 aliphatic heterocycles. The van der Waals surface area contributed by atoms with Gasteiger partial charge in [0.1, 0.15) is 61.0 Å². The van der Waals surface area contributed by atoms with Crippen LogP contribution in [0.3, 0.4) is 0 Å². The van der Waals surface area contributed by atoms with Crippen LogP contribution in [0, 0.1) is 50.7 Å². The molecule has 0 amide bonds. The number of allylic oxidation sites excluding steroid dienone is 1. The molecule has 11 N–H and O–H groups in total. The van der Waals surface area contributed by atoms with Gasteiger partial charge in [-0.1, -0.05) is 32.4 Å². The van der Waals surface area contributed by atoms with E-state index in [4.69, 9.17) is 28.4 Å². The first-order chi connectivity index (χ1) is 30.9.